The summed E-state index contributed by atoms with van der Waals surface area (Å²) in [6, 6.07) is 14.0. The number of aromatic hydroxyl groups is 1. The second-order valence-electron chi connectivity index (χ2n) is 4.63. The molecule has 1 unspecified atom stereocenters. The number of phenolic OH excluding ortho intramolecular Hbond substituents is 1. The predicted molar refractivity (Wildman–Crippen MR) is 79.8 cm³/mol. The Hall–Kier alpha value is -3.02. The highest BCUT2D eigenvalue weighted by molar-refractivity contribution is 5.85. The molecule has 6 heteroatoms. The summed E-state index contributed by atoms with van der Waals surface area (Å²) >= 11 is 0. The molecule has 0 radical (unpaired) electrons. The third kappa shape index (κ3) is 4.24. The number of rotatable bonds is 5. The van der Waals surface area contributed by atoms with Crippen molar-refractivity contribution in [2.24, 2.45) is 5.73 Å². The molecule has 2 aromatic carbocycles. The summed E-state index contributed by atoms with van der Waals surface area (Å²) < 4.78 is 5.05. The number of nitrogens with one attached hydrogen (secondary N) is 1. The van der Waals surface area contributed by atoms with Crippen molar-refractivity contribution in [3.05, 3.63) is 65.7 Å². The van der Waals surface area contributed by atoms with Crippen LogP contribution < -0.4 is 11.1 Å². The molecule has 1 atom stereocenters. The average molecular weight is 300 g/mol. The number of phenols is 1. The van der Waals surface area contributed by atoms with E-state index < -0.39 is 18.0 Å². The van der Waals surface area contributed by atoms with E-state index in [1.807, 2.05) is 30.3 Å². The van der Waals surface area contributed by atoms with Crippen molar-refractivity contribution in [3.8, 4) is 5.75 Å². The molecule has 0 aromatic heterocycles. The van der Waals surface area contributed by atoms with Crippen LogP contribution in [0.25, 0.3) is 0 Å². The Morgan fingerprint density at radius 3 is 2.32 bits per heavy atom. The van der Waals surface area contributed by atoms with E-state index in [0.29, 0.717) is 5.56 Å². The highest BCUT2D eigenvalue weighted by Gasteiger charge is 2.20. The largest absolute Gasteiger partial charge is 0.508 e. The molecule has 0 heterocycles. The molecule has 6 nitrogen and oxygen atoms in total. The molecule has 0 aliphatic rings. The normalized spacial score (nSPS) is 11.5. The van der Waals surface area contributed by atoms with Gasteiger partial charge in [0.2, 0.25) is 5.91 Å². The van der Waals surface area contributed by atoms with Gasteiger partial charge in [-0.1, -0.05) is 42.5 Å². The summed E-state index contributed by atoms with van der Waals surface area (Å²) in [7, 11) is 0. The third-order valence-electron chi connectivity index (χ3n) is 2.99. The first-order chi connectivity index (χ1) is 10.6. The Bertz CT molecular complexity index is 641. The summed E-state index contributed by atoms with van der Waals surface area (Å²) in [6.45, 7) is 0.0910. The van der Waals surface area contributed by atoms with Gasteiger partial charge >= 0.3 is 6.09 Å². The average Bonchev–Trinajstić information content (AvgIpc) is 2.52. The topological polar surface area (TPSA) is 102 Å². The van der Waals surface area contributed by atoms with Gasteiger partial charge in [0.25, 0.3) is 0 Å². The molecule has 2 aromatic rings. The lowest BCUT2D eigenvalue weighted by atomic mass is 10.1. The summed E-state index contributed by atoms with van der Waals surface area (Å²) in [5.74, 6) is -0.666. The zero-order chi connectivity index (χ0) is 15.9. The van der Waals surface area contributed by atoms with Crippen LogP contribution in [0.15, 0.2) is 54.6 Å². The molecule has 2 rings (SSSR count). The number of ether oxygens (including phenoxy) is 1. The van der Waals surface area contributed by atoms with Crippen LogP contribution in [0.3, 0.4) is 0 Å². The molecule has 0 aliphatic carbocycles. The quantitative estimate of drug-likeness (QED) is 0.784. The van der Waals surface area contributed by atoms with Gasteiger partial charge in [-0.25, -0.2) is 4.79 Å². The second-order valence-corrected chi connectivity index (χ2v) is 4.63. The maximum atomic E-state index is 11.8. The van der Waals surface area contributed by atoms with E-state index in [9.17, 15) is 14.7 Å². The molecule has 2 amide bonds. The fourth-order valence-electron chi connectivity index (χ4n) is 1.87. The van der Waals surface area contributed by atoms with Gasteiger partial charge in [0.05, 0.1) is 0 Å². The van der Waals surface area contributed by atoms with Gasteiger partial charge in [-0.3, -0.25) is 4.79 Å². The van der Waals surface area contributed by atoms with E-state index in [4.69, 9.17) is 10.5 Å². The number of nitrogens with two attached hydrogens (primary N) is 1. The maximum absolute atomic E-state index is 11.8. The zero-order valence-corrected chi connectivity index (χ0v) is 11.7. The van der Waals surface area contributed by atoms with E-state index in [1.54, 1.807) is 0 Å². The summed E-state index contributed by atoms with van der Waals surface area (Å²) in [4.78, 5) is 23.3. The Balaban J connectivity index is 1.97. The summed E-state index contributed by atoms with van der Waals surface area (Å²) in [5, 5.41) is 11.6. The van der Waals surface area contributed by atoms with Gasteiger partial charge in [0.15, 0.2) is 0 Å². The number of carbonyl (C=O) groups excluding carboxylic acids is 2. The second kappa shape index (κ2) is 7.12. The van der Waals surface area contributed by atoms with Crippen LogP contribution in [0.4, 0.5) is 4.79 Å². The molecule has 0 bridgehead atoms. The Morgan fingerprint density at radius 1 is 1.09 bits per heavy atom. The molecule has 0 fully saturated rings. The monoisotopic (exact) mass is 300 g/mol. The van der Waals surface area contributed by atoms with Gasteiger partial charge in [0, 0.05) is 0 Å². The van der Waals surface area contributed by atoms with Crippen LogP contribution in [-0.4, -0.2) is 17.1 Å². The first-order valence-electron chi connectivity index (χ1n) is 6.61. The number of alkyl carbamates (subject to hydrolysis) is 1. The smallest absolute Gasteiger partial charge is 0.408 e. The number of hydrogen-bond acceptors (Lipinski definition) is 4. The summed E-state index contributed by atoms with van der Waals surface area (Å²) in [5.41, 5.74) is 6.58. The molecule has 0 saturated carbocycles. The van der Waals surface area contributed by atoms with Gasteiger partial charge in [0.1, 0.15) is 18.4 Å². The highest BCUT2D eigenvalue weighted by atomic mass is 16.5. The number of benzene rings is 2. The van der Waals surface area contributed by atoms with Crippen molar-refractivity contribution in [1.82, 2.24) is 5.32 Å². The van der Waals surface area contributed by atoms with Crippen molar-refractivity contribution < 1.29 is 19.4 Å². The first kappa shape index (κ1) is 15.4. The number of carbonyl (C=O) groups is 2. The summed E-state index contributed by atoms with van der Waals surface area (Å²) in [6.07, 6.45) is -0.749. The molecular formula is C16H16N2O4. The fourth-order valence-corrected chi connectivity index (χ4v) is 1.87. The molecule has 114 valence electrons. The fraction of sp³-hybridized carbons (Fsp3) is 0.125. The maximum Gasteiger partial charge on any atom is 0.408 e. The predicted octanol–water partition coefficient (Wildman–Crippen LogP) is 1.84. The molecule has 4 N–H and O–H groups in total. The van der Waals surface area contributed by atoms with Crippen LogP contribution in [0.1, 0.15) is 17.2 Å². The van der Waals surface area contributed by atoms with E-state index in [-0.39, 0.29) is 12.4 Å². The van der Waals surface area contributed by atoms with Gasteiger partial charge in [-0.2, -0.15) is 0 Å². The lowest BCUT2D eigenvalue weighted by Crippen LogP contribution is -2.37. The van der Waals surface area contributed by atoms with Crippen molar-refractivity contribution in [2.75, 3.05) is 0 Å². The lowest BCUT2D eigenvalue weighted by molar-refractivity contribution is -0.120. The number of hydrogen-bond donors (Lipinski definition) is 3. The first-order valence-corrected chi connectivity index (χ1v) is 6.61. The van der Waals surface area contributed by atoms with E-state index in [1.165, 1.54) is 24.3 Å². The van der Waals surface area contributed by atoms with E-state index in [2.05, 4.69) is 5.32 Å². The number of primary amides is 1. The zero-order valence-electron chi connectivity index (χ0n) is 11.7. The van der Waals surface area contributed by atoms with Gasteiger partial charge < -0.3 is 20.9 Å². The molecule has 0 spiro atoms. The van der Waals surface area contributed by atoms with Gasteiger partial charge in [-0.05, 0) is 23.3 Å². The lowest BCUT2D eigenvalue weighted by Gasteiger charge is -2.16. The highest BCUT2D eigenvalue weighted by Crippen LogP contribution is 2.17. The van der Waals surface area contributed by atoms with Crippen LogP contribution >= 0.6 is 0 Å². The van der Waals surface area contributed by atoms with Crippen molar-refractivity contribution in [3.63, 3.8) is 0 Å². The molecular weight excluding hydrogens is 284 g/mol. The minimum absolute atomic E-state index is 0.0543. The van der Waals surface area contributed by atoms with Crippen molar-refractivity contribution in [1.29, 1.82) is 0 Å². The SMILES string of the molecule is NC(=O)C(NC(=O)OCc1ccccc1)c1ccc(O)cc1. The third-order valence-corrected chi connectivity index (χ3v) is 2.99. The Kier molecular flexibility index (Phi) is 4.98. The van der Waals surface area contributed by atoms with Crippen molar-refractivity contribution >= 4 is 12.0 Å². The minimum Gasteiger partial charge on any atom is -0.508 e. The van der Waals surface area contributed by atoms with Crippen molar-refractivity contribution in [2.45, 2.75) is 12.6 Å². The van der Waals surface area contributed by atoms with Crippen LogP contribution in [0.2, 0.25) is 0 Å². The molecule has 22 heavy (non-hydrogen) atoms. The van der Waals surface area contributed by atoms with E-state index >= 15 is 0 Å². The molecule has 0 saturated heterocycles. The van der Waals surface area contributed by atoms with Crippen LogP contribution in [0, 0.1) is 0 Å². The van der Waals surface area contributed by atoms with E-state index in [0.717, 1.165) is 5.56 Å². The number of amides is 2. The van der Waals surface area contributed by atoms with Crippen LogP contribution in [-0.2, 0) is 16.1 Å². The van der Waals surface area contributed by atoms with Gasteiger partial charge in [-0.15, -0.1) is 0 Å². The standard InChI is InChI=1S/C16H16N2O4/c17-15(20)14(12-6-8-13(19)9-7-12)18-16(21)22-10-11-4-2-1-3-5-11/h1-9,14,19H,10H2,(H2,17,20)(H,18,21). The Labute approximate surface area is 127 Å². The molecule has 0 aliphatic heterocycles. The Morgan fingerprint density at radius 2 is 1.73 bits per heavy atom. The minimum atomic E-state index is -1.02. The van der Waals surface area contributed by atoms with Crippen LogP contribution in [0.5, 0.6) is 5.75 Å².